The number of nitrogens with zero attached hydrogens (tertiary/aromatic N) is 2. The van der Waals surface area contributed by atoms with E-state index < -0.39 is 12.7 Å². The molecule has 6 nitrogen and oxygen atoms in total. The topological polar surface area (TPSA) is 66.0 Å². The lowest BCUT2D eigenvalue weighted by Gasteiger charge is -2.19. The van der Waals surface area contributed by atoms with Gasteiger partial charge in [0.25, 0.3) is 0 Å². The molecule has 2 N–H and O–H groups in total. The summed E-state index contributed by atoms with van der Waals surface area (Å²) in [6.07, 6.45) is 0.632. The molecule has 0 aromatic carbocycles. The van der Waals surface area contributed by atoms with Gasteiger partial charge in [0.2, 0.25) is 0 Å². The first-order valence-electron chi connectivity index (χ1n) is 9.83. The number of guanidine groups is 1. The minimum atomic E-state index is -4.15. The highest BCUT2D eigenvalue weighted by molar-refractivity contribution is 5.80. The van der Waals surface area contributed by atoms with Gasteiger partial charge in [-0.05, 0) is 33.1 Å². The van der Waals surface area contributed by atoms with E-state index in [9.17, 15) is 18.0 Å². The van der Waals surface area contributed by atoms with Gasteiger partial charge < -0.3 is 15.4 Å². The lowest BCUT2D eigenvalue weighted by atomic mass is 10.1. The number of unbranched alkanes of at least 4 members (excludes halogenated alkanes) is 3. The number of carbonyl (C=O) groups excluding carboxylic acids is 1. The van der Waals surface area contributed by atoms with Crippen LogP contribution in [0.15, 0.2) is 4.99 Å². The number of nitrogens with one attached hydrogen (secondary N) is 2. The van der Waals surface area contributed by atoms with Crippen LogP contribution in [-0.2, 0) is 9.53 Å². The summed E-state index contributed by atoms with van der Waals surface area (Å²) in [5, 5.41) is 6.37. The van der Waals surface area contributed by atoms with Crippen molar-refractivity contribution in [3.63, 3.8) is 0 Å². The van der Waals surface area contributed by atoms with Crippen molar-refractivity contribution in [2.45, 2.75) is 64.6 Å². The van der Waals surface area contributed by atoms with Crippen LogP contribution in [0.3, 0.4) is 0 Å². The molecule has 0 bridgehead atoms. The molecule has 0 spiro atoms. The zero-order valence-corrected chi connectivity index (χ0v) is 16.4. The second kappa shape index (κ2) is 12.8. The highest BCUT2D eigenvalue weighted by Crippen LogP contribution is 2.19. The molecule has 1 fully saturated rings. The minimum absolute atomic E-state index is 0.0188. The van der Waals surface area contributed by atoms with Crippen LogP contribution >= 0.6 is 0 Å². The molecule has 1 rings (SSSR count). The van der Waals surface area contributed by atoms with Crippen molar-refractivity contribution in [2.75, 3.05) is 39.3 Å². The van der Waals surface area contributed by atoms with Crippen LogP contribution in [0.25, 0.3) is 0 Å². The molecule has 0 aromatic rings. The summed E-state index contributed by atoms with van der Waals surface area (Å²) in [6, 6.07) is -0.0188. The van der Waals surface area contributed by atoms with Gasteiger partial charge in [0.1, 0.15) is 0 Å². The molecular formula is C18H33F3N4O2. The van der Waals surface area contributed by atoms with Gasteiger partial charge in [-0.1, -0.05) is 12.8 Å². The molecule has 27 heavy (non-hydrogen) atoms. The van der Waals surface area contributed by atoms with E-state index in [1.807, 2.05) is 6.92 Å². The lowest BCUT2D eigenvalue weighted by molar-refractivity contribution is -0.144. The Morgan fingerprint density at radius 3 is 2.63 bits per heavy atom. The monoisotopic (exact) mass is 394 g/mol. The third-order valence-electron chi connectivity index (χ3n) is 4.22. The molecule has 1 heterocycles. The first-order chi connectivity index (χ1) is 12.8. The molecule has 1 atom stereocenters. The maximum atomic E-state index is 12.5. The summed E-state index contributed by atoms with van der Waals surface area (Å²) in [4.78, 5) is 17.2. The maximum Gasteiger partial charge on any atom is 0.401 e. The van der Waals surface area contributed by atoms with Gasteiger partial charge in [0.15, 0.2) is 5.96 Å². The number of halogens is 3. The van der Waals surface area contributed by atoms with Gasteiger partial charge in [-0.15, -0.1) is 0 Å². The molecule has 158 valence electrons. The van der Waals surface area contributed by atoms with Crippen molar-refractivity contribution < 1.29 is 22.7 Å². The largest absolute Gasteiger partial charge is 0.466 e. The van der Waals surface area contributed by atoms with Crippen molar-refractivity contribution in [3.8, 4) is 0 Å². The lowest BCUT2D eigenvalue weighted by Crippen LogP contribution is -2.45. The van der Waals surface area contributed by atoms with Crippen molar-refractivity contribution >= 4 is 11.9 Å². The number of hydrogen-bond donors (Lipinski definition) is 2. The van der Waals surface area contributed by atoms with Gasteiger partial charge in [0.05, 0.1) is 13.2 Å². The molecule has 0 aliphatic carbocycles. The first kappa shape index (κ1) is 23.5. The fraction of sp³-hybridized carbons (Fsp3) is 0.889. The second-order valence-corrected chi connectivity index (χ2v) is 6.71. The van der Waals surface area contributed by atoms with Gasteiger partial charge in [-0.2, -0.15) is 13.2 Å². The second-order valence-electron chi connectivity index (χ2n) is 6.71. The molecule has 0 radical (unpaired) electrons. The average molecular weight is 394 g/mol. The average Bonchev–Trinajstić information content (AvgIpc) is 2.99. The van der Waals surface area contributed by atoms with E-state index >= 15 is 0 Å². The van der Waals surface area contributed by atoms with E-state index in [-0.39, 0.29) is 12.0 Å². The van der Waals surface area contributed by atoms with Crippen molar-refractivity contribution in [1.82, 2.24) is 15.5 Å². The van der Waals surface area contributed by atoms with Crippen LogP contribution in [0, 0.1) is 0 Å². The van der Waals surface area contributed by atoms with Crippen molar-refractivity contribution in [3.05, 3.63) is 0 Å². The van der Waals surface area contributed by atoms with Crippen molar-refractivity contribution in [1.29, 1.82) is 0 Å². The van der Waals surface area contributed by atoms with Gasteiger partial charge >= 0.3 is 12.1 Å². The zero-order chi connectivity index (χ0) is 20.1. The summed E-state index contributed by atoms with van der Waals surface area (Å²) in [6.45, 7) is 5.47. The smallest absolute Gasteiger partial charge is 0.401 e. The Balaban J connectivity index is 2.23. The highest BCUT2D eigenvalue weighted by atomic mass is 19.4. The first-order valence-corrected chi connectivity index (χ1v) is 9.83. The molecule has 1 aliphatic heterocycles. The summed E-state index contributed by atoms with van der Waals surface area (Å²) < 4.78 is 42.3. The van der Waals surface area contributed by atoms with Crippen LogP contribution in [0.5, 0.6) is 0 Å². The van der Waals surface area contributed by atoms with E-state index in [2.05, 4.69) is 15.6 Å². The molecule has 1 aliphatic rings. The third-order valence-corrected chi connectivity index (χ3v) is 4.22. The SMILES string of the molecule is CCNC(=NCCCCCCC(=O)OCC)NC1CCN(CC(F)(F)F)C1. The van der Waals surface area contributed by atoms with Gasteiger partial charge in [-0.3, -0.25) is 14.7 Å². The zero-order valence-electron chi connectivity index (χ0n) is 16.4. The van der Waals surface area contributed by atoms with E-state index in [0.29, 0.717) is 51.6 Å². The van der Waals surface area contributed by atoms with Gasteiger partial charge in [-0.25, -0.2) is 0 Å². The fourth-order valence-electron chi connectivity index (χ4n) is 3.02. The molecule has 0 aromatic heterocycles. The molecule has 0 saturated carbocycles. The number of hydrogen-bond acceptors (Lipinski definition) is 4. The number of esters is 1. The van der Waals surface area contributed by atoms with Crippen LogP contribution in [0.4, 0.5) is 13.2 Å². The Morgan fingerprint density at radius 1 is 1.22 bits per heavy atom. The Bertz CT molecular complexity index is 458. The number of alkyl halides is 3. The maximum absolute atomic E-state index is 12.5. The Hall–Kier alpha value is -1.51. The van der Waals surface area contributed by atoms with E-state index in [1.165, 1.54) is 4.90 Å². The number of ether oxygens (including phenoxy) is 1. The van der Waals surface area contributed by atoms with Gasteiger partial charge in [0, 0.05) is 38.6 Å². The Kier molecular flexibility index (Phi) is 11.2. The number of aliphatic imine (C=N–C) groups is 1. The molecular weight excluding hydrogens is 361 g/mol. The summed E-state index contributed by atoms with van der Waals surface area (Å²) in [5.74, 6) is 0.508. The number of rotatable bonds is 11. The van der Waals surface area contributed by atoms with E-state index in [4.69, 9.17) is 4.74 Å². The Morgan fingerprint density at radius 2 is 1.96 bits per heavy atom. The standard InChI is InChI=1S/C18H33F3N4O2/c1-3-22-17(23-11-8-6-5-7-9-16(26)27-4-2)24-15-10-12-25(13-15)14-18(19,20)21/h15H,3-14H2,1-2H3,(H2,22,23,24). The molecule has 9 heteroatoms. The molecule has 0 amide bonds. The summed E-state index contributed by atoms with van der Waals surface area (Å²) >= 11 is 0. The Labute approximate surface area is 159 Å². The summed E-state index contributed by atoms with van der Waals surface area (Å²) in [5.41, 5.74) is 0. The van der Waals surface area contributed by atoms with Crippen molar-refractivity contribution in [2.24, 2.45) is 4.99 Å². The molecule has 1 unspecified atom stereocenters. The fourth-order valence-corrected chi connectivity index (χ4v) is 3.02. The highest BCUT2D eigenvalue weighted by Gasteiger charge is 2.34. The van der Waals surface area contributed by atoms with Crippen LogP contribution < -0.4 is 10.6 Å². The van der Waals surface area contributed by atoms with Crippen LogP contribution in [0.1, 0.15) is 52.4 Å². The predicted molar refractivity (Wildman–Crippen MR) is 99.7 cm³/mol. The number of carbonyl (C=O) groups is 1. The van der Waals surface area contributed by atoms with Crippen LogP contribution in [-0.4, -0.2) is 68.4 Å². The normalized spacial score (nSPS) is 18.6. The molecule has 1 saturated heterocycles. The third kappa shape index (κ3) is 11.7. The van der Waals surface area contributed by atoms with Crippen LogP contribution in [0.2, 0.25) is 0 Å². The number of likely N-dealkylation sites (tertiary alicyclic amines) is 1. The van der Waals surface area contributed by atoms with E-state index in [1.54, 1.807) is 6.92 Å². The van der Waals surface area contributed by atoms with E-state index in [0.717, 1.165) is 25.7 Å². The summed E-state index contributed by atoms with van der Waals surface area (Å²) in [7, 11) is 0. The predicted octanol–water partition coefficient (Wildman–Crippen LogP) is 2.69. The minimum Gasteiger partial charge on any atom is -0.466 e. The quantitative estimate of drug-likeness (QED) is 0.244.